The zero-order chi connectivity index (χ0) is 15.7. The first-order chi connectivity index (χ1) is 9.95. The fraction of sp³-hybridized carbons (Fsp3) is 0.625. The van der Waals surface area contributed by atoms with Crippen LogP contribution >= 0.6 is 0 Å². The molecule has 5 heteroatoms. The maximum Gasteiger partial charge on any atom is 0.324 e. The van der Waals surface area contributed by atoms with Crippen LogP contribution in [0.25, 0.3) is 0 Å². The SMILES string of the molecule is CCCCCCCCC(F)(F)C(=O)Nc1ccc(C)nc1. The average Bonchev–Trinajstić information content (AvgIpc) is 2.45. The summed E-state index contributed by atoms with van der Waals surface area (Å²) in [6.45, 7) is 3.90. The number of halogens is 2. The van der Waals surface area contributed by atoms with Gasteiger partial charge < -0.3 is 5.32 Å². The summed E-state index contributed by atoms with van der Waals surface area (Å²) < 4.78 is 27.5. The molecule has 0 aromatic carbocycles. The van der Waals surface area contributed by atoms with Crippen LogP contribution in [0, 0.1) is 6.92 Å². The van der Waals surface area contributed by atoms with Gasteiger partial charge in [0, 0.05) is 12.1 Å². The predicted molar refractivity (Wildman–Crippen MR) is 80.5 cm³/mol. The Labute approximate surface area is 125 Å². The molecule has 118 valence electrons. The molecular formula is C16H24F2N2O. The van der Waals surface area contributed by atoms with Gasteiger partial charge in [-0.15, -0.1) is 0 Å². The van der Waals surface area contributed by atoms with Crippen molar-refractivity contribution in [2.24, 2.45) is 0 Å². The zero-order valence-electron chi connectivity index (χ0n) is 12.8. The molecule has 0 saturated carbocycles. The molecule has 1 aromatic heterocycles. The van der Waals surface area contributed by atoms with Gasteiger partial charge in [-0.25, -0.2) is 0 Å². The minimum atomic E-state index is -3.32. The number of aromatic nitrogens is 1. The first-order valence-corrected chi connectivity index (χ1v) is 7.57. The van der Waals surface area contributed by atoms with Gasteiger partial charge in [-0.3, -0.25) is 9.78 Å². The number of nitrogens with one attached hydrogen (secondary N) is 1. The van der Waals surface area contributed by atoms with Gasteiger partial charge in [0.15, 0.2) is 0 Å². The number of unbranched alkanes of at least 4 members (excludes halogenated alkanes) is 5. The van der Waals surface area contributed by atoms with Crippen LogP contribution in [-0.2, 0) is 4.79 Å². The van der Waals surface area contributed by atoms with E-state index >= 15 is 0 Å². The van der Waals surface area contributed by atoms with Crippen LogP contribution in [0.2, 0.25) is 0 Å². The highest BCUT2D eigenvalue weighted by atomic mass is 19.3. The Balaban J connectivity index is 2.35. The van der Waals surface area contributed by atoms with E-state index in [0.29, 0.717) is 12.1 Å². The van der Waals surface area contributed by atoms with E-state index in [0.717, 1.165) is 37.8 Å². The second-order valence-corrected chi connectivity index (χ2v) is 5.36. The van der Waals surface area contributed by atoms with Crippen molar-refractivity contribution < 1.29 is 13.6 Å². The van der Waals surface area contributed by atoms with Crippen LogP contribution < -0.4 is 5.32 Å². The number of carbonyl (C=O) groups excluding carboxylic acids is 1. The molecule has 0 aliphatic rings. The topological polar surface area (TPSA) is 42.0 Å². The maximum atomic E-state index is 13.7. The van der Waals surface area contributed by atoms with Gasteiger partial charge in [-0.2, -0.15) is 8.78 Å². The summed E-state index contributed by atoms with van der Waals surface area (Å²) in [4.78, 5) is 15.6. The lowest BCUT2D eigenvalue weighted by molar-refractivity contribution is -0.140. The molecule has 1 amide bonds. The molecule has 1 N–H and O–H groups in total. The van der Waals surface area contributed by atoms with Crippen molar-refractivity contribution in [1.82, 2.24) is 4.98 Å². The number of carbonyl (C=O) groups is 1. The highest BCUT2D eigenvalue weighted by molar-refractivity contribution is 5.95. The van der Waals surface area contributed by atoms with Gasteiger partial charge in [0.25, 0.3) is 5.91 Å². The van der Waals surface area contributed by atoms with Gasteiger partial charge >= 0.3 is 5.92 Å². The standard InChI is InChI=1S/C16H24F2N2O/c1-3-4-5-6-7-8-11-16(17,18)15(21)20-14-10-9-13(2)19-12-14/h9-10,12H,3-8,11H2,1-2H3,(H,20,21). The normalized spacial score (nSPS) is 11.4. The number of pyridine rings is 1. The molecule has 0 fully saturated rings. The fourth-order valence-electron chi connectivity index (χ4n) is 2.01. The second kappa shape index (κ2) is 8.70. The van der Waals surface area contributed by atoms with Crippen molar-refractivity contribution in [1.29, 1.82) is 0 Å². The zero-order valence-corrected chi connectivity index (χ0v) is 12.8. The first-order valence-electron chi connectivity index (χ1n) is 7.57. The third-order valence-corrected chi connectivity index (χ3v) is 3.35. The molecule has 0 aliphatic heterocycles. The van der Waals surface area contributed by atoms with E-state index in [9.17, 15) is 13.6 Å². The van der Waals surface area contributed by atoms with Gasteiger partial charge in [-0.1, -0.05) is 39.0 Å². The number of amides is 1. The minimum Gasteiger partial charge on any atom is -0.319 e. The highest BCUT2D eigenvalue weighted by Crippen LogP contribution is 2.24. The lowest BCUT2D eigenvalue weighted by Gasteiger charge is -2.15. The Bertz CT molecular complexity index is 432. The van der Waals surface area contributed by atoms with Crippen LogP contribution in [0.1, 0.15) is 57.6 Å². The van der Waals surface area contributed by atoms with Gasteiger partial charge in [0.1, 0.15) is 0 Å². The molecule has 0 radical (unpaired) electrons. The molecule has 1 aromatic rings. The van der Waals surface area contributed by atoms with Crippen LogP contribution in [-0.4, -0.2) is 16.8 Å². The van der Waals surface area contributed by atoms with Crippen molar-refractivity contribution in [3.63, 3.8) is 0 Å². The third kappa shape index (κ3) is 6.65. The van der Waals surface area contributed by atoms with E-state index in [-0.39, 0.29) is 0 Å². The van der Waals surface area contributed by atoms with Crippen LogP contribution in [0.3, 0.4) is 0 Å². The molecule has 21 heavy (non-hydrogen) atoms. The number of nitrogens with zero attached hydrogens (tertiary/aromatic N) is 1. The quantitative estimate of drug-likeness (QED) is 0.671. The minimum absolute atomic E-state index is 0.299. The summed E-state index contributed by atoms with van der Waals surface area (Å²) in [7, 11) is 0. The average molecular weight is 298 g/mol. The molecule has 0 unspecified atom stereocenters. The predicted octanol–water partition coefficient (Wildman–Crippen LogP) is 4.71. The van der Waals surface area contributed by atoms with E-state index in [1.165, 1.54) is 6.20 Å². The molecule has 0 bridgehead atoms. The van der Waals surface area contributed by atoms with Crippen LogP contribution in [0.15, 0.2) is 18.3 Å². The Morgan fingerprint density at radius 1 is 1.19 bits per heavy atom. The molecular weight excluding hydrogens is 274 g/mol. The van der Waals surface area contributed by atoms with E-state index in [1.54, 1.807) is 19.1 Å². The molecule has 0 aliphatic carbocycles. The molecule has 0 spiro atoms. The summed E-state index contributed by atoms with van der Waals surface area (Å²) in [6.07, 6.45) is 6.39. The van der Waals surface area contributed by atoms with Gasteiger partial charge in [0.05, 0.1) is 11.9 Å². The Morgan fingerprint density at radius 2 is 1.86 bits per heavy atom. The maximum absolute atomic E-state index is 13.7. The summed E-state index contributed by atoms with van der Waals surface area (Å²) >= 11 is 0. The summed E-state index contributed by atoms with van der Waals surface area (Å²) in [5.41, 5.74) is 1.07. The van der Waals surface area contributed by atoms with Gasteiger partial charge in [-0.05, 0) is 25.5 Å². The van der Waals surface area contributed by atoms with Crippen molar-refractivity contribution in [2.75, 3.05) is 5.32 Å². The van der Waals surface area contributed by atoms with Crippen LogP contribution in [0.4, 0.5) is 14.5 Å². The van der Waals surface area contributed by atoms with Crippen molar-refractivity contribution in [3.05, 3.63) is 24.0 Å². The largest absolute Gasteiger partial charge is 0.324 e. The Hall–Kier alpha value is -1.52. The van der Waals surface area contributed by atoms with Crippen molar-refractivity contribution in [3.8, 4) is 0 Å². The number of hydrogen-bond donors (Lipinski definition) is 1. The fourth-order valence-corrected chi connectivity index (χ4v) is 2.01. The molecule has 1 heterocycles. The molecule has 1 rings (SSSR count). The number of anilines is 1. The number of hydrogen-bond acceptors (Lipinski definition) is 2. The highest BCUT2D eigenvalue weighted by Gasteiger charge is 2.37. The molecule has 3 nitrogen and oxygen atoms in total. The smallest absolute Gasteiger partial charge is 0.319 e. The third-order valence-electron chi connectivity index (χ3n) is 3.35. The monoisotopic (exact) mass is 298 g/mol. The second-order valence-electron chi connectivity index (χ2n) is 5.36. The van der Waals surface area contributed by atoms with Gasteiger partial charge in [0.2, 0.25) is 0 Å². The van der Waals surface area contributed by atoms with E-state index in [1.807, 2.05) is 0 Å². The van der Waals surface area contributed by atoms with Crippen molar-refractivity contribution >= 4 is 11.6 Å². The number of alkyl halides is 2. The Kier molecular flexibility index (Phi) is 7.26. The summed E-state index contributed by atoms with van der Waals surface area (Å²) in [5.74, 6) is -4.57. The van der Waals surface area contributed by atoms with E-state index in [4.69, 9.17) is 0 Å². The first kappa shape index (κ1) is 17.5. The number of aryl methyl sites for hydroxylation is 1. The molecule has 0 atom stereocenters. The lowest BCUT2D eigenvalue weighted by Crippen LogP contribution is -2.34. The van der Waals surface area contributed by atoms with E-state index < -0.39 is 18.3 Å². The van der Waals surface area contributed by atoms with Crippen molar-refractivity contribution in [2.45, 2.75) is 64.7 Å². The summed E-state index contributed by atoms with van der Waals surface area (Å²) in [5, 5.41) is 2.22. The summed E-state index contributed by atoms with van der Waals surface area (Å²) in [6, 6.07) is 3.24. The Morgan fingerprint density at radius 3 is 2.48 bits per heavy atom. The molecule has 0 saturated heterocycles. The lowest BCUT2D eigenvalue weighted by atomic mass is 10.1. The van der Waals surface area contributed by atoms with Crippen LogP contribution in [0.5, 0.6) is 0 Å². The number of rotatable bonds is 9. The van der Waals surface area contributed by atoms with E-state index in [2.05, 4.69) is 17.2 Å².